The molecule has 0 aliphatic carbocycles. The van der Waals surface area contributed by atoms with Gasteiger partial charge in [0.05, 0.1) is 17.8 Å². The highest BCUT2D eigenvalue weighted by Crippen LogP contribution is 2.38. The molecule has 8 nitrogen and oxygen atoms in total. The summed E-state index contributed by atoms with van der Waals surface area (Å²) in [6, 6.07) is 13.8. The first kappa shape index (κ1) is 23.4. The van der Waals surface area contributed by atoms with Crippen molar-refractivity contribution in [2.75, 3.05) is 18.0 Å². The zero-order valence-electron chi connectivity index (χ0n) is 18.6. The summed E-state index contributed by atoms with van der Waals surface area (Å²) in [4.78, 5) is 26.0. The number of nitrogens with zero attached hydrogens (tertiary/aromatic N) is 1. The van der Waals surface area contributed by atoms with Crippen LogP contribution in [-0.4, -0.2) is 53.7 Å². The van der Waals surface area contributed by atoms with Gasteiger partial charge >= 0.3 is 6.09 Å². The first-order valence-corrected chi connectivity index (χ1v) is 10.8. The van der Waals surface area contributed by atoms with Crippen LogP contribution in [0.15, 0.2) is 48.5 Å². The van der Waals surface area contributed by atoms with Crippen LogP contribution in [-0.2, 0) is 6.42 Å². The van der Waals surface area contributed by atoms with Gasteiger partial charge in [-0.1, -0.05) is 44.2 Å². The predicted octanol–water partition coefficient (Wildman–Crippen LogP) is 2.86. The van der Waals surface area contributed by atoms with Crippen LogP contribution in [0.1, 0.15) is 36.7 Å². The van der Waals surface area contributed by atoms with Crippen molar-refractivity contribution >= 4 is 17.7 Å². The number of carbonyl (C=O) groups is 2. The SMILES string of the molecule is CC(C)CN1c2ccc(C(=O)NC[C@H](O)[C@H](Cc3ccccc3)NC(=O)O)cc2OC1C. The van der Waals surface area contributed by atoms with E-state index in [2.05, 4.69) is 29.4 Å². The number of fused-ring (bicyclic) bond motifs is 1. The topological polar surface area (TPSA) is 111 Å². The molecule has 2 aromatic carbocycles. The van der Waals surface area contributed by atoms with Crippen molar-refractivity contribution < 1.29 is 24.5 Å². The lowest BCUT2D eigenvalue weighted by molar-refractivity contribution is 0.0873. The van der Waals surface area contributed by atoms with E-state index in [9.17, 15) is 14.7 Å². The molecule has 0 fully saturated rings. The molecule has 1 aliphatic rings. The highest BCUT2D eigenvalue weighted by Gasteiger charge is 2.29. The first-order chi connectivity index (χ1) is 15.2. The van der Waals surface area contributed by atoms with Gasteiger partial charge in [-0.3, -0.25) is 4.79 Å². The number of hydrogen-bond donors (Lipinski definition) is 4. The minimum atomic E-state index is -1.23. The number of aliphatic hydroxyl groups is 1. The minimum absolute atomic E-state index is 0.0928. The van der Waals surface area contributed by atoms with Gasteiger partial charge in [0, 0.05) is 18.7 Å². The molecule has 0 bridgehead atoms. The van der Waals surface area contributed by atoms with Gasteiger partial charge in [-0.15, -0.1) is 0 Å². The second-order valence-electron chi connectivity index (χ2n) is 8.47. The number of nitrogens with one attached hydrogen (secondary N) is 2. The largest absolute Gasteiger partial charge is 0.469 e. The van der Waals surface area contributed by atoms with Crippen molar-refractivity contribution in [3.05, 3.63) is 59.7 Å². The van der Waals surface area contributed by atoms with Gasteiger partial charge in [0.2, 0.25) is 0 Å². The van der Waals surface area contributed by atoms with Crippen molar-refractivity contribution in [2.24, 2.45) is 5.92 Å². The summed E-state index contributed by atoms with van der Waals surface area (Å²) in [5.74, 6) is 0.764. The number of carbonyl (C=O) groups excluding carboxylic acids is 1. The number of carboxylic acid groups (broad SMARTS) is 1. The molecule has 32 heavy (non-hydrogen) atoms. The van der Waals surface area contributed by atoms with Gasteiger partial charge < -0.3 is 30.5 Å². The number of aliphatic hydroxyl groups excluding tert-OH is 1. The molecule has 1 heterocycles. The third-order valence-electron chi connectivity index (χ3n) is 5.37. The second kappa shape index (κ2) is 10.4. The predicted molar refractivity (Wildman–Crippen MR) is 122 cm³/mol. The lowest BCUT2D eigenvalue weighted by Crippen LogP contribution is -2.49. The van der Waals surface area contributed by atoms with Gasteiger partial charge in [-0.2, -0.15) is 0 Å². The molecule has 0 saturated heterocycles. The lowest BCUT2D eigenvalue weighted by Gasteiger charge is -2.24. The first-order valence-electron chi connectivity index (χ1n) is 10.8. The van der Waals surface area contributed by atoms with Gasteiger partial charge in [0.1, 0.15) is 5.75 Å². The number of amides is 2. The molecular weight excluding hydrogens is 410 g/mol. The standard InChI is InChI=1S/C24H31N3O5/c1-15(2)14-27-16(3)32-22-12-18(9-10-20(22)27)23(29)25-13-21(28)19(26-24(30)31)11-17-7-5-4-6-8-17/h4-10,12,15-16,19,21,26,28H,11,13-14H2,1-3H3,(H,25,29)(H,30,31)/t16?,19-,21-/m0/s1. The van der Waals surface area contributed by atoms with Gasteiger partial charge in [-0.25, -0.2) is 4.79 Å². The molecule has 1 unspecified atom stereocenters. The molecule has 2 amide bonds. The molecule has 172 valence electrons. The maximum absolute atomic E-state index is 12.7. The van der Waals surface area contributed by atoms with Crippen LogP contribution in [0.2, 0.25) is 0 Å². The highest BCUT2D eigenvalue weighted by atomic mass is 16.5. The molecule has 8 heteroatoms. The molecule has 4 N–H and O–H groups in total. The van der Waals surface area contributed by atoms with Crippen molar-refractivity contribution in [3.63, 3.8) is 0 Å². The van der Waals surface area contributed by atoms with Crippen LogP contribution in [0.5, 0.6) is 5.75 Å². The number of ether oxygens (including phenoxy) is 1. The Labute approximate surface area is 188 Å². The zero-order valence-corrected chi connectivity index (χ0v) is 18.6. The van der Waals surface area contributed by atoms with E-state index >= 15 is 0 Å². The number of hydrogen-bond acceptors (Lipinski definition) is 5. The summed E-state index contributed by atoms with van der Waals surface area (Å²) in [6.07, 6.45) is -2.12. The maximum Gasteiger partial charge on any atom is 0.404 e. The highest BCUT2D eigenvalue weighted by molar-refractivity contribution is 5.95. The molecule has 0 aromatic heterocycles. The van der Waals surface area contributed by atoms with Gasteiger partial charge in [0.15, 0.2) is 6.23 Å². The Kier molecular flexibility index (Phi) is 7.58. The van der Waals surface area contributed by atoms with Crippen LogP contribution in [0.25, 0.3) is 0 Å². The van der Waals surface area contributed by atoms with E-state index in [1.165, 1.54) is 0 Å². The van der Waals surface area contributed by atoms with E-state index in [0.29, 0.717) is 23.7 Å². The van der Waals surface area contributed by atoms with Crippen LogP contribution < -0.4 is 20.3 Å². The van der Waals surface area contributed by atoms with Crippen LogP contribution in [0.4, 0.5) is 10.5 Å². The van der Waals surface area contributed by atoms with E-state index in [1.54, 1.807) is 12.1 Å². The smallest absolute Gasteiger partial charge is 0.404 e. The summed E-state index contributed by atoms with van der Waals surface area (Å²) in [5.41, 5.74) is 2.25. The van der Waals surface area contributed by atoms with Crippen molar-refractivity contribution in [2.45, 2.75) is 45.6 Å². The third kappa shape index (κ3) is 5.91. The van der Waals surface area contributed by atoms with Gasteiger partial charge in [0.25, 0.3) is 5.91 Å². The number of anilines is 1. The van der Waals surface area contributed by atoms with E-state index in [-0.39, 0.29) is 18.7 Å². The third-order valence-corrected chi connectivity index (χ3v) is 5.37. The van der Waals surface area contributed by atoms with Crippen molar-refractivity contribution in [1.29, 1.82) is 0 Å². The Hall–Kier alpha value is -3.26. The molecule has 0 spiro atoms. The van der Waals surface area contributed by atoms with Crippen molar-refractivity contribution in [3.8, 4) is 5.75 Å². The van der Waals surface area contributed by atoms with Crippen molar-refractivity contribution in [1.82, 2.24) is 10.6 Å². The van der Waals surface area contributed by atoms with Crippen LogP contribution in [0.3, 0.4) is 0 Å². The monoisotopic (exact) mass is 441 g/mol. The zero-order chi connectivity index (χ0) is 23.3. The Bertz CT molecular complexity index is 934. The van der Waals surface area contributed by atoms with Crippen LogP contribution in [0, 0.1) is 5.92 Å². The fourth-order valence-corrected chi connectivity index (χ4v) is 3.82. The normalized spacial score (nSPS) is 16.8. The van der Waals surface area contributed by atoms with E-state index < -0.39 is 18.2 Å². The second-order valence-corrected chi connectivity index (χ2v) is 8.47. The van der Waals surface area contributed by atoms with E-state index in [0.717, 1.165) is 17.8 Å². The number of benzene rings is 2. The molecular formula is C24H31N3O5. The molecule has 0 radical (unpaired) electrons. The van der Waals surface area contributed by atoms with Gasteiger partial charge in [-0.05, 0) is 43.0 Å². The molecule has 3 rings (SSSR count). The summed E-state index contributed by atoms with van der Waals surface area (Å²) in [6.45, 7) is 7.01. The summed E-state index contributed by atoms with van der Waals surface area (Å²) in [5, 5.41) is 24.7. The number of rotatable bonds is 9. The fourth-order valence-electron chi connectivity index (χ4n) is 3.82. The maximum atomic E-state index is 12.7. The Morgan fingerprint density at radius 3 is 2.53 bits per heavy atom. The average molecular weight is 442 g/mol. The summed E-state index contributed by atoms with van der Waals surface area (Å²) >= 11 is 0. The molecule has 1 aliphatic heterocycles. The summed E-state index contributed by atoms with van der Waals surface area (Å²) in [7, 11) is 0. The van der Waals surface area contributed by atoms with Crippen LogP contribution >= 0.6 is 0 Å². The Morgan fingerprint density at radius 2 is 1.88 bits per heavy atom. The Balaban J connectivity index is 1.63. The summed E-state index contributed by atoms with van der Waals surface area (Å²) < 4.78 is 5.91. The Morgan fingerprint density at radius 1 is 1.16 bits per heavy atom. The van der Waals surface area contributed by atoms with E-state index in [1.807, 2.05) is 43.3 Å². The fraction of sp³-hybridized carbons (Fsp3) is 0.417. The minimum Gasteiger partial charge on any atom is -0.469 e. The molecule has 3 atom stereocenters. The lowest BCUT2D eigenvalue weighted by atomic mass is 10.0. The molecule has 0 saturated carbocycles. The molecule has 2 aromatic rings. The quantitative estimate of drug-likeness (QED) is 0.476. The van der Waals surface area contributed by atoms with E-state index in [4.69, 9.17) is 9.84 Å². The average Bonchev–Trinajstić information content (AvgIpc) is 3.05.